The van der Waals surface area contributed by atoms with Crippen LogP contribution in [0.2, 0.25) is 0 Å². The van der Waals surface area contributed by atoms with Gasteiger partial charge in [0, 0.05) is 10.0 Å². The van der Waals surface area contributed by atoms with Crippen LogP contribution >= 0.6 is 15.9 Å². The number of nitrogens with one attached hydrogen (secondary N) is 1. The zero-order valence-corrected chi connectivity index (χ0v) is 12.8. The van der Waals surface area contributed by atoms with Crippen LogP contribution in [0.1, 0.15) is 5.56 Å². The third-order valence-corrected chi connectivity index (χ3v) is 3.04. The smallest absolute Gasteiger partial charge is 0.277 e. The summed E-state index contributed by atoms with van der Waals surface area (Å²) in [6, 6.07) is 10.1. The number of hydrogen-bond acceptors (Lipinski definition) is 3. The first kappa shape index (κ1) is 16.1. The highest BCUT2D eigenvalue weighted by molar-refractivity contribution is 9.10. The topological polar surface area (TPSA) is 50.7 Å². The minimum atomic E-state index is -0.588. The number of carbonyl (C=O) groups is 1. The molecule has 0 heterocycles. The van der Waals surface area contributed by atoms with Gasteiger partial charge >= 0.3 is 0 Å². The Morgan fingerprint density at radius 2 is 2.00 bits per heavy atom. The molecule has 0 aromatic heterocycles. The third-order valence-electron chi connectivity index (χ3n) is 2.55. The molecule has 7 heteroatoms. The Kier molecular flexibility index (Phi) is 5.60. The van der Waals surface area contributed by atoms with E-state index in [9.17, 15) is 13.6 Å². The summed E-state index contributed by atoms with van der Waals surface area (Å²) in [5.41, 5.74) is 2.38. The van der Waals surface area contributed by atoms with E-state index in [4.69, 9.17) is 4.74 Å². The van der Waals surface area contributed by atoms with Gasteiger partial charge in [-0.2, -0.15) is 5.10 Å². The lowest BCUT2D eigenvalue weighted by Crippen LogP contribution is -2.24. The first-order chi connectivity index (χ1) is 10.6. The molecule has 0 fully saturated rings. The molecule has 0 aliphatic carbocycles. The molecule has 0 saturated carbocycles. The highest BCUT2D eigenvalue weighted by Gasteiger charge is 2.05. The zero-order chi connectivity index (χ0) is 15.9. The Labute approximate surface area is 133 Å². The van der Waals surface area contributed by atoms with Crippen molar-refractivity contribution in [1.29, 1.82) is 0 Å². The van der Waals surface area contributed by atoms with Gasteiger partial charge in [-0.15, -0.1) is 0 Å². The van der Waals surface area contributed by atoms with E-state index in [2.05, 4.69) is 26.5 Å². The second kappa shape index (κ2) is 7.65. The fraction of sp³-hybridized carbons (Fsp3) is 0.0667. The average molecular weight is 369 g/mol. The highest BCUT2D eigenvalue weighted by atomic mass is 79.9. The first-order valence-corrected chi connectivity index (χ1v) is 7.00. The summed E-state index contributed by atoms with van der Waals surface area (Å²) in [6.45, 7) is -0.404. The number of amides is 1. The van der Waals surface area contributed by atoms with Gasteiger partial charge in [0.1, 0.15) is 5.82 Å². The number of rotatable bonds is 5. The van der Waals surface area contributed by atoms with Crippen LogP contribution in [0.15, 0.2) is 52.0 Å². The molecule has 1 N–H and O–H groups in total. The Morgan fingerprint density at radius 1 is 1.23 bits per heavy atom. The summed E-state index contributed by atoms with van der Waals surface area (Å²) in [7, 11) is 0. The molecule has 0 saturated heterocycles. The summed E-state index contributed by atoms with van der Waals surface area (Å²) in [5, 5.41) is 3.62. The quantitative estimate of drug-likeness (QED) is 0.650. The molecule has 0 radical (unpaired) electrons. The standard InChI is InChI=1S/C15H11BrF2N2O2/c16-11-5-6-12(17)10(7-11)8-19-20-15(21)9-22-14-4-2-1-3-13(14)18/h1-8H,9H2,(H,20,21)/b19-8+. The second-order valence-electron chi connectivity index (χ2n) is 4.18. The second-order valence-corrected chi connectivity index (χ2v) is 5.09. The van der Waals surface area contributed by atoms with Crippen LogP contribution in [0.3, 0.4) is 0 Å². The number of para-hydroxylation sites is 1. The molecule has 0 unspecified atom stereocenters. The lowest BCUT2D eigenvalue weighted by Gasteiger charge is -2.05. The van der Waals surface area contributed by atoms with Gasteiger partial charge < -0.3 is 4.74 Å². The number of halogens is 3. The van der Waals surface area contributed by atoms with Crippen molar-refractivity contribution in [2.24, 2.45) is 5.10 Å². The van der Waals surface area contributed by atoms with E-state index in [0.29, 0.717) is 4.47 Å². The van der Waals surface area contributed by atoms with Crippen molar-refractivity contribution in [1.82, 2.24) is 5.43 Å². The van der Waals surface area contributed by atoms with E-state index in [1.807, 2.05) is 0 Å². The summed E-state index contributed by atoms with van der Waals surface area (Å²) in [6.07, 6.45) is 1.17. The van der Waals surface area contributed by atoms with Gasteiger partial charge in [-0.05, 0) is 30.3 Å². The molecule has 0 atom stereocenters. The zero-order valence-electron chi connectivity index (χ0n) is 11.2. The van der Waals surface area contributed by atoms with E-state index in [0.717, 1.165) is 0 Å². The number of hydrazone groups is 1. The van der Waals surface area contributed by atoms with Gasteiger partial charge in [0.05, 0.1) is 6.21 Å². The summed E-state index contributed by atoms with van der Waals surface area (Å²) in [5.74, 6) is -1.65. The van der Waals surface area contributed by atoms with Crippen molar-refractivity contribution in [2.75, 3.05) is 6.61 Å². The fourth-order valence-electron chi connectivity index (χ4n) is 1.52. The average Bonchev–Trinajstić information content (AvgIpc) is 2.50. The maximum absolute atomic E-state index is 13.4. The lowest BCUT2D eigenvalue weighted by molar-refractivity contribution is -0.123. The predicted octanol–water partition coefficient (Wildman–Crippen LogP) is 3.26. The molecular weight excluding hydrogens is 358 g/mol. The first-order valence-electron chi connectivity index (χ1n) is 6.20. The minimum Gasteiger partial charge on any atom is -0.481 e. The molecule has 0 aliphatic heterocycles. The highest BCUT2D eigenvalue weighted by Crippen LogP contribution is 2.15. The number of nitrogens with zero attached hydrogens (tertiary/aromatic N) is 1. The van der Waals surface area contributed by atoms with E-state index < -0.39 is 24.1 Å². The fourth-order valence-corrected chi connectivity index (χ4v) is 1.90. The lowest BCUT2D eigenvalue weighted by atomic mass is 10.2. The van der Waals surface area contributed by atoms with Crippen molar-refractivity contribution < 1.29 is 18.3 Å². The molecule has 22 heavy (non-hydrogen) atoms. The summed E-state index contributed by atoms with van der Waals surface area (Å²) in [4.78, 5) is 11.5. The summed E-state index contributed by atoms with van der Waals surface area (Å²) < 4.78 is 32.4. The van der Waals surface area contributed by atoms with E-state index >= 15 is 0 Å². The van der Waals surface area contributed by atoms with Gasteiger partial charge in [-0.3, -0.25) is 4.79 Å². The number of benzene rings is 2. The molecule has 0 aliphatic rings. The molecule has 4 nitrogen and oxygen atoms in total. The SMILES string of the molecule is O=C(COc1ccccc1F)N/N=C/c1cc(Br)ccc1F. The molecule has 114 valence electrons. The van der Waals surface area contributed by atoms with Crippen LogP contribution in [0.5, 0.6) is 5.75 Å². The monoisotopic (exact) mass is 368 g/mol. The number of ether oxygens (including phenoxy) is 1. The maximum atomic E-state index is 13.4. The Hall–Kier alpha value is -2.28. The molecule has 0 bridgehead atoms. The van der Waals surface area contributed by atoms with Gasteiger partial charge in [-0.25, -0.2) is 14.2 Å². The number of carbonyl (C=O) groups excluding carboxylic acids is 1. The third kappa shape index (κ3) is 4.63. The van der Waals surface area contributed by atoms with Gasteiger partial charge in [0.2, 0.25) is 0 Å². The molecule has 1 amide bonds. The molecule has 2 rings (SSSR count). The van der Waals surface area contributed by atoms with Crippen molar-refractivity contribution in [3.63, 3.8) is 0 Å². The van der Waals surface area contributed by atoms with Crippen molar-refractivity contribution >= 4 is 28.1 Å². The van der Waals surface area contributed by atoms with E-state index in [1.54, 1.807) is 12.1 Å². The molecule has 2 aromatic rings. The van der Waals surface area contributed by atoms with Crippen LogP contribution in [0.25, 0.3) is 0 Å². The van der Waals surface area contributed by atoms with E-state index in [1.165, 1.54) is 36.5 Å². The van der Waals surface area contributed by atoms with Gasteiger partial charge in [-0.1, -0.05) is 28.1 Å². The van der Waals surface area contributed by atoms with Crippen LogP contribution in [-0.2, 0) is 4.79 Å². The van der Waals surface area contributed by atoms with E-state index in [-0.39, 0.29) is 11.3 Å². The van der Waals surface area contributed by atoms with Crippen LogP contribution in [0.4, 0.5) is 8.78 Å². The Morgan fingerprint density at radius 3 is 2.77 bits per heavy atom. The van der Waals surface area contributed by atoms with Crippen molar-refractivity contribution in [2.45, 2.75) is 0 Å². The molecular formula is C15H11BrF2N2O2. The van der Waals surface area contributed by atoms with Gasteiger partial charge in [0.25, 0.3) is 5.91 Å². The number of hydrogen-bond donors (Lipinski definition) is 1. The van der Waals surface area contributed by atoms with Crippen molar-refractivity contribution in [3.8, 4) is 5.75 Å². The van der Waals surface area contributed by atoms with Crippen LogP contribution in [-0.4, -0.2) is 18.7 Å². The van der Waals surface area contributed by atoms with Gasteiger partial charge in [0.15, 0.2) is 18.2 Å². The largest absolute Gasteiger partial charge is 0.481 e. The van der Waals surface area contributed by atoms with Crippen molar-refractivity contribution in [3.05, 3.63) is 64.1 Å². The van der Waals surface area contributed by atoms with Crippen LogP contribution in [0, 0.1) is 11.6 Å². The molecule has 2 aromatic carbocycles. The predicted molar refractivity (Wildman–Crippen MR) is 81.7 cm³/mol. The Bertz CT molecular complexity index is 708. The Balaban J connectivity index is 1.86. The van der Waals surface area contributed by atoms with Crippen LogP contribution < -0.4 is 10.2 Å². The minimum absolute atomic E-state index is 0.0281. The molecule has 0 spiro atoms. The normalized spacial score (nSPS) is 10.7. The summed E-state index contributed by atoms with van der Waals surface area (Å²) >= 11 is 3.20. The maximum Gasteiger partial charge on any atom is 0.277 e.